The van der Waals surface area contributed by atoms with Crippen molar-refractivity contribution in [1.29, 1.82) is 0 Å². The van der Waals surface area contributed by atoms with Crippen molar-refractivity contribution in [1.82, 2.24) is 0 Å². The molecule has 0 aliphatic carbocycles. The Bertz CT molecular complexity index is 520. The summed E-state index contributed by atoms with van der Waals surface area (Å²) in [6, 6.07) is 14.5. The van der Waals surface area contributed by atoms with Gasteiger partial charge in [-0.25, -0.2) is 0 Å². The second-order valence-electron chi connectivity index (χ2n) is 3.57. The molecule has 0 amide bonds. The van der Waals surface area contributed by atoms with Crippen LogP contribution in [0.3, 0.4) is 0 Å². The first-order valence-corrected chi connectivity index (χ1v) is 6.42. The van der Waals surface area contributed by atoms with Crippen LogP contribution in [0.5, 0.6) is 0 Å². The van der Waals surface area contributed by atoms with Crippen molar-refractivity contribution < 1.29 is 0 Å². The zero-order valence-electron chi connectivity index (χ0n) is 8.63. The van der Waals surface area contributed by atoms with Gasteiger partial charge in [0.05, 0.1) is 10.0 Å². The number of alkyl halides is 2. The van der Waals surface area contributed by atoms with Gasteiger partial charge < -0.3 is 0 Å². The fraction of sp³-hybridized carbons (Fsp3) is 0.0769. The molecule has 0 aliphatic heterocycles. The van der Waals surface area contributed by atoms with Gasteiger partial charge in [0.15, 0.2) is 4.33 Å². The molecule has 0 bridgehead atoms. The summed E-state index contributed by atoms with van der Waals surface area (Å²) < 4.78 is -1.13. The Morgan fingerprint density at radius 3 is 1.94 bits per heavy atom. The van der Waals surface area contributed by atoms with Gasteiger partial charge >= 0.3 is 0 Å². The van der Waals surface area contributed by atoms with E-state index < -0.39 is 4.33 Å². The Hall–Kier alpha value is -0.400. The number of hydrogen-bond acceptors (Lipinski definition) is 0. The summed E-state index contributed by atoms with van der Waals surface area (Å²) in [5.74, 6) is 0. The molecular weight excluding hydrogens is 298 g/mol. The van der Waals surface area contributed by atoms with Gasteiger partial charge in [-0.15, -0.1) is 0 Å². The fourth-order valence-electron chi connectivity index (χ4n) is 1.51. The number of hydrogen-bond donors (Lipinski definition) is 0. The normalized spacial score (nSPS) is 11.5. The first-order valence-electron chi connectivity index (χ1n) is 4.90. The molecule has 88 valence electrons. The summed E-state index contributed by atoms with van der Waals surface area (Å²) in [4.78, 5) is 0. The van der Waals surface area contributed by atoms with Crippen LogP contribution in [-0.4, -0.2) is 0 Å². The minimum atomic E-state index is -1.13. The van der Waals surface area contributed by atoms with Crippen LogP contribution in [0.1, 0.15) is 11.1 Å². The van der Waals surface area contributed by atoms with E-state index in [0.29, 0.717) is 15.6 Å². The van der Waals surface area contributed by atoms with E-state index >= 15 is 0 Å². The third kappa shape index (κ3) is 2.71. The lowest BCUT2D eigenvalue weighted by molar-refractivity contribution is 1.04. The zero-order valence-corrected chi connectivity index (χ0v) is 11.7. The molecule has 0 aromatic heterocycles. The third-order valence-corrected chi connectivity index (χ3v) is 4.03. The van der Waals surface area contributed by atoms with E-state index in [9.17, 15) is 0 Å². The molecule has 0 heterocycles. The van der Waals surface area contributed by atoms with Crippen LogP contribution in [0.15, 0.2) is 48.5 Å². The Kier molecular flexibility index (Phi) is 3.89. The van der Waals surface area contributed by atoms with E-state index in [1.807, 2.05) is 30.3 Å². The van der Waals surface area contributed by atoms with Gasteiger partial charge in [0.1, 0.15) is 0 Å². The molecule has 0 N–H and O–H groups in total. The molecule has 0 aliphatic rings. The highest BCUT2D eigenvalue weighted by Crippen LogP contribution is 2.42. The van der Waals surface area contributed by atoms with Crippen molar-refractivity contribution in [2.75, 3.05) is 0 Å². The monoisotopic (exact) mass is 304 g/mol. The number of benzene rings is 2. The van der Waals surface area contributed by atoms with Gasteiger partial charge in [0.25, 0.3) is 0 Å². The molecule has 4 heteroatoms. The van der Waals surface area contributed by atoms with Crippen LogP contribution >= 0.6 is 46.4 Å². The van der Waals surface area contributed by atoms with E-state index in [1.165, 1.54) is 0 Å². The summed E-state index contributed by atoms with van der Waals surface area (Å²) in [6.07, 6.45) is 0. The van der Waals surface area contributed by atoms with E-state index in [1.54, 1.807) is 18.2 Å². The molecular formula is C13H8Cl4. The second kappa shape index (κ2) is 5.07. The van der Waals surface area contributed by atoms with Crippen molar-refractivity contribution in [3.63, 3.8) is 0 Å². The first kappa shape index (κ1) is 13.0. The van der Waals surface area contributed by atoms with Gasteiger partial charge in [0.2, 0.25) is 0 Å². The quantitative estimate of drug-likeness (QED) is 0.627. The maximum Gasteiger partial charge on any atom is 0.168 e. The molecule has 0 unspecified atom stereocenters. The van der Waals surface area contributed by atoms with E-state index in [4.69, 9.17) is 46.4 Å². The van der Waals surface area contributed by atoms with Crippen molar-refractivity contribution in [2.24, 2.45) is 0 Å². The first-order chi connectivity index (χ1) is 8.01. The van der Waals surface area contributed by atoms with Gasteiger partial charge in [0, 0.05) is 0 Å². The average molecular weight is 306 g/mol. The Morgan fingerprint density at radius 2 is 1.35 bits per heavy atom. The van der Waals surface area contributed by atoms with Gasteiger partial charge in [-0.05, 0) is 23.3 Å². The molecule has 0 spiro atoms. The van der Waals surface area contributed by atoms with Crippen LogP contribution in [0.2, 0.25) is 10.0 Å². The fourth-order valence-corrected chi connectivity index (χ4v) is 2.29. The molecule has 0 saturated heterocycles. The number of rotatable bonds is 2. The van der Waals surface area contributed by atoms with Crippen LogP contribution in [0.4, 0.5) is 0 Å². The lowest BCUT2D eigenvalue weighted by Gasteiger charge is -2.21. The predicted octanol–water partition coefficient (Wildman–Crippen LogP) is 5.67. The predicted molar refractivity (Wildman–Crippen MR) is 75.4 cm³/mol. The smallest absolute Gasteiger partial charge is 0.0909 e. The highest BCUT2D eigenvalue weighted by atomic mass is 35.5. The van der Waals surface area contributed by atoms with Gasteiger partial charge in [-0.1, -0.05) is 82.8 Å². The topological polar surface area (TPSA) is 0 Å². The molecule has 0 nitrogen and oxygen atoms in total. The second-order valence-corrected chi connectivity index (χ2v) is 5.71. The number of halogens is 4. The van der Waals surface area contributed by atoms with E-state index in [2.05, 4.69) is 0 Å². The van der Waals surface area contributed by atoms with E-state index in [-0.39, 0.29) is 0 Å². The molecule has 0 radical (unpaired) electrons. The maximum atomic E-state index is 6.38. The molecule has 0 atom stereocenters. The summed E-state index contributed by atoms with van der Waals surface area (Å²) in [5.41, 5.74) is 1.49. The molecule has 2 rings (SSSR count). The third-order valence-electron chi connectivity index (χ3n) is 2.42. The SMILES string of the molecule is Clc1ccc(C(Cl)(Cl)c2ccccc2)cc1Cl. The summed E-state index contributed by atoms with van der Waals surface area (Å²) >= 11 is 24.6. The van der Waals surface area contributed by atoms with Gasteiger partial charge in [-0.3, -0.25) is 0 Å². The van der Waals surface area contributed by atoms with Crippen molar-refractivity contribution in [3.05, 3.63) is 69.7 Å². The largest absolute Gasteiger partial charge is 0.168 e. The molecule has 0 saturated carbocycles. The lowest BCUT2D eigenvalue weighted by Crippen LogP contribution is -2.11. The minimum absolute atomic E-state index is 0.436. The Morgan fingerprint density at radius 1 is 0.706 bits per heavy atom. The van der Waals surface area contributed by atoms with E-state index in [0.717, 1.165) is 5.56 Å². The van der Waals surface area contributed by atoms with Crippen LogP contribution in [0, 0.1) is 0 Å². The zero-order chi connectivity index (χ0) is 12.5. The highest BCUT2D eigenvalue weighted by Gasteiger charge is 2.29. The Labute approximate surface area is 120 Å². The highest BCUT2D eigenvalue weighted by molar-refractivity contribution is 6.50. The molecule has 0 fully saturated rings. The molecule has 2 aromatic rings. The summed E-state index contributed by atoms with van der Waals surface area (Å²) in [6.45, 7) is 0. The lowest BCUT2D eigenvalue weighted by atomic mass is 10.0. The minimum Gasteiger partial charge on any atom is -0.0909 e. The maximum absolute atomic E-state index is 6.38. The summed E-state index contributed by atoms with van der Waals surface area (Å²) in [7, 11) is 0. The Balaban J connectivity index is 2.48. The van der Waals surface area contributed by atoms with Crippen molar-refractivity contribution >= 4 is 46.4 Å². The summed E-state index contributed by atoms with van der Waals surface area (Å²) in [5, 5.41) is 0.915. The van der Waals surface area contributed by atoms with Crippen LogP contribution < -0.4 is 0 Å². The van der Waals surface area contributed by atoms with Crippen LogP contribution in [0.25, 0.3) is 0 Å². The molecule has 2 aromatic carbocycles. The standard InChI is InChI=1S/C13H8Cl4/c14-11-7-6-10(8-12(11)15)13(16,17)9-4-2-1-3-5-9/h1-8H. The van der Waals surface area contributed by atoms with Crippen LogP contribution in [-0.2, 0) is 4.33 Å². The molecule has 17 heavy (non-hydrogen) atoms. The van der Waals surface area contributed by atoms with Gasteiger partial charge in [-0.2, -0.15) is 0 Å². The van der Waals surface area contributed by atoms with Crippen molar-refractivity contribution in [3.8, 4) is 0 Å². The van der Waals surface area contributed by atoms with Crippen molar-refractivity contribution in [2.45, 2.75) is 4.33 Å². The average Bonchev–Trinajstić information content (AvgIpc) is 2.33.